The molecule has 3 heterocycles. The highest BCUT2D eigenvalue weighted by atomic mass is 19.1. The zero-order chi connectivity index (χ0) is 21.8. The Kier molecular flexibility index (Phi) is 6.20. The fraction of sp³-hybridized carbons (Fsp3) is 0.217. The Labute approximate surface area is 177 Å². The number of rotatable bonds is 8. The molecule has 0 radical (unpaired) electrons. The number of hydrogen-bond donors (Lipinski definition) is 1. The molecule has 6 nitrogen and oxygen atoms in total. The van der Waals surface area contributed by atoms with Crippen LogP contribution in [0.15, 0.2) is 55.1 Å². The number of aromatic amines is 1. The standard InChI is InChI=1S/C23H21F2N3O3/c1-29-8-9-31-19-6-5-18(24)20(21(19)25)22(30-2)17-13-28-23-16(17)10-15(12-27-23)14-4-3-7-26-11-14/h3-7,10-13,22H,8-9H2,1-2H3,(H,27,28). The Bertz CT molecular complexity index is 1180. The summed E-state index contributed by atoms with van der Waals surface area (Å²) in [6.07, 6.45) is 5.77. The van der Waals surface area contributed by atoms with Crippen LogP contribution < -0.4 is 4.74 Å². The number of H-pyrrole nitrogens is 1. The number of nitrogens with one attached hydrogen (secondary N) is 1. The maximum absolute atomic E-state index is 15.2. The van der Waals surface area contributed by atoms with Crippen LogP contribution in [0.5, 0.6) is 5.75 Å². The van der Waals surface area contributed by atoms with Gasteiger partial charge in [-0.3, -0.25) is 4.98 Å². The van der Waals surface area contributed by atoms with Crippen LogP contribution in [-0.2, 0) is 9.47 Å². The molecule has 0 bridgehead atoms. The minimum absolute atomic E-state index is 0.0653. The maximum atomic E-state index is 15.2. The van der Waals surface area contributed by atoms with Crippen molar-refractivity contribution in [3.63, 3.8) is 0 Å². The average Bonchev–Trinajstić information content (AvgIpc) is 3.22. The maximum Gasteiger partial charge on any atom is 0.174 e. The summed E-state index contributed by atoms with van der Waals surface area (Å²) in [7, 11) is 2.92. The summed E-state index contributed by atoms with van der Waals surface area (Å²) in [6.45, 7) is 0.423. The van der Waals surface area contributed by atoms with Crippen molar-refractivity contribution < 1.29 is 23.0 Å². The van der Waals surface area contributed by atoms with Crippen LogP contribution in [-0.4, -0.2) is 42.4 Å². The van der Waals surface area contributed by atoms with Crippen molar-refractivity contribution in [3.8, 4) is 16.9 Å². The highest BCUT2D eigenvalue weighted by Gasteiger charge is 2.27. The predicted molar refractivity (Wildman–Crippen MR) is 112 cm³/mol. The lowest BCUT2D eigenvalue weighted by atomic mass is 9.98. The summed E-state index contributed by atoms with van der Waals surface area (Å²) in [6, 6.07) is 8.06. The molecule has 0 aliphatic heterocycles. The Morgan fingerprint density at radius 3 is 2.68 bits per heavy atom. The number of pyridine rings is 2. The molecule has 0 aliphatic carbocycles. The van der Waals surface area contributed by atoms with Gasteiger partial charge in [0.25, 0.3) is 0 Å². The molecule has 0 amide bonds. The van der Waals surface area contributed by atoms with Gasteiger partial charge in [-0.1, -0.05) is 6.07 Å². The van der Waals surface area contributed by atoms with E-state index in [1.165, 1.54) is 26.4 Å². The number of fused-ring (bicyclic) bond motifs is 1. The van der Waals surface area contributed by atoms with Gasteiger partial charge in [-0.15, -0.1) is 0 Å². The Morgan fingerprint density at radius 2 is 1.94 bits per heavy atom. The quantitative estimate of drug-likeness (QED) is 0.416. The van der Waals surface area contributed by atoms with Crippen molar-refractivity contribution in [2.24, 2.45) is 0 Å². The first-order chi connectivity index (χ1) is 15.1. The van der Waals surface area contributed by atoms with E-state index in [4.69, 9.17) is 14.2 Å². The second-order valence-corrected chi connectivity index (χ2v) is 6.84. The SMILES string of the molecule is COCCOc1ccc(F)c(C(OC)c2c[nH]c3ncc(-c4cccnc4)cc23)c1F. The topological polar surface area (TPSA) is 69.3 Å². The van der Waals surface area contributed by atoms with Crippen LogP contribution in [0, 0.1) is 11.6 Å². The van der Waals surface area contributed by atoms with Gasteiger partial charge >= 0.3 is 0 Å². The molecule has 31 heavy (non-hydrogen) atoms. The van der Waals surface area contributed by atoms with E-state index >= 15 is 4.39 Å². The lowest BCUT2D eigenvalue weighted by molar-refractivity contribution is 0.126. The van der Waals surface area contributed by atoms with Crippen molar-refractivity contribution in [1.29, 1.82) is 0 Å². The van der Waals surface area contributed by atoms with E-state index < -0.39 is 17.7 Å². The average molecular weight is 425 g/mol. The largest absolute Gasteiger partial charge is 0.488 e. The zero-order valence-corrected chi connectivity index (χ0v) is 17.1. The molecule has 0 spiro atoms. The van der Waals surface area contributed by atoms with E-state index in [0.29, 0.717) is 16.6 Å². The molecule has 160 valence electrons. The fourth-order valence-corrected chi connectivity index (χ4v) is 3.47. The van der Waals surface area contributed by atoms with Crippen molar-refractivity contribution in [2.45, 2.75) is 6.10 Å². The van der Waals surface area contributed by atoms with Gasteiger partial charge < -0.3 is 19.2 Å². The van der Waals surface area contributed by atoms with Gasteiger partial charge in [0.1, 0.15) is 24.2 Å². The summed E-state index contributed by atoms with van der Waals surface area (Å²) in [5.74, 6) is -1.60. The first-order valence-corrected chi connectivity index (χ1v) is 9.64. The molecule has 1 unspecified atom stereocenters. The van der Waals surface area contributed by atoms with E-state index in [-0.39, 0.29) is 24.5 Å². The lowest BCUT2D eigenvalue weighted by Gasteiger charge is -2.19. The van der Waals surface area contributed by atoms with Crippen molar-refractivity contribution in [1.82, 2.24) is 15.0 Å². The molecule has 8 heteroatoms. The second-order valence-electron chi connectivity index (χ2n) is 6.84. The summed E-state index contributed by atoms with van der Waals surface area (Å²) in [5, 5.41) is 0.692. The van der Waals surface area contributed by atoms with E-state index in [2.05, 4.69) is 15.0 Å². The molecule has 1 atom stereocenters. The molecule has 4 rings (SSSR count). The van der Waals surface area contributed by atoms with Gasteiger partial charge in [-0.05, 0) is 24.3 Å². The first-order valence-electron chi connectivity index (χ1n) is 9.64. The van der Waals surface area contributed by atoms with Gasteiger partial charge in [0.2, 0.25) is 0 Å². The number of aromatic nitrogens is 3. The third kappa shape index (κ3) is 4.12. The highest BCUT2D eigenvalue weighted by molar-refractivity contribution is 5.85. The Balaban J connectivity index is 1.78. The van der Waals surface area contributed by atoms with Crippen LogP contribution >= 0.6 is 0 Å². The van der Waals surface area contributed by atoms with Crippen LogP contribution in [0.25, 0.3) is 22.2 Å². The monoisotopic (exact) mass is 425 g/mol. The van der Waals surface area contributed by atoms with Gasteiger partial charge in [-0.2, -0.15) is 0 Å². The third-order valence-corrected chi connectivity index (χ3v) is 4.97. The number of hydrogen-bond acceptors (Lipinski definition) is 5. The molecule has 0 saturated heterocycles. The number of benzene rings is 1. The normalized spacial score (nSPS) is 12.3. The number of ether oxygens (including phenoxy) is 3. The molecule has 0 aliphatic rings. The summed E-state index contributed by atoms with van der Waals surface area (Å²) in [4.78, 5) is 11.6. The van der Waals surface area contributed by atoms with Gasteiger partial charge in [-0.25, -0.2) is 13.8 Å². The minimum Gasteiger partial charge on any atom is -0.488 e. The van der Waals surface area contributed by atoms with Crippen LogP contribution in [0.3, 0.4) is 0 Å². The first kappa shape index (κ1) is 20.9. The lowest BCUT2D eigenvalue weighted by Crippen LogP contribution is -2.11. The predicted octanol–water partition coefficient (Wildman–Crippen LogP) is 4.66. The van der Waals surface area contributed by atoms with Gasteiger partial charge in [0.15, 0.2) is 11.6 Å². The molecule has 1 N–H and O–H groups in total. The smallest absolute Gasteiger partial charge is 0.174 e. The second kappa shape index (κ2) is 9.20. The van der Waals surface area contributed by atoms with Gasteiger partial charge in [0.05, 0.1) is 12.2 Å². The van der Waals surface area contributed by atoms with E-state index in [0.717, 1.165) is 11.1 Å². The molecule has 1 aromatic carbocycles. The number of halogens is 2. The number of methoxy groups -OCH3 is 2. The van der Waals surface area contributed by atoms with E-state index in [1.807, 2.05) is 18.2 Å². The molecule has 3 aromatic heterocycles. The number of nitrogens with zero attached hydrogens (tertiary/aromatic N) is 2. The van der Waals surface area contributed by atoms with Crippen LogP contribution in [0.2, 0.25) is 0 Å². The molecular weight excluding hydrogens is 404 g/mol. The third-order valence-electron chi connectivity index (χ3n) is 4.97. The van der Waals surface area contributed by atoms with Crippen molar-refractivity contribution in [2.75, 3.05) is 27.4 Å². The zero-order valence-electron chi connectivity index (χ0n) is 17.1. The fourth-order valence-electron chi connectivity index (χ4n) is 3.47. The Hall–Kier alpha value is -3.36. The molecule has 0 saturated carbocycles. The van der Waals surface area contributed by atoms with Gasteiger partial charge in [0, 0.05) is 61.1 Å². The highest BCUT2D eigenvalue weighted by Crippen LogP contribution is 2.37. The van der Waals surface area contributed by atoms with Crippen LogP contribution in [0.1, 0.15) is 17.2 Å². The van der Waals surface area contributed by atoms with Crippen LogP contribution in [0.4, 0.5) is 8.78 Å². The Morgan fingerprint density at radius 1 is 1.06 bits per heavy atom. The summed E-state index contributed by atoms with van der Waals surface area (Å²) in [5.41, 5.74) is 2.61. The molecule has 0 fully saturated rings. The van der Waals surface area contributed by atoms with Crippen molar-refractivity contribution >= 4 is 11.0 Å². The van der Waals surface area contributed by atoms with E-state index in [1.54, 1.807) is 24.8 Å². The van der Waals surface area contributed by atoms with Crippen molar-refractivity contribution in [3.05, 3.63) is 77.9 Å². The summed E-state index contributed by atoms with van der Waals surface area (Å²) >= 11 is 0. The summed E-state index contributed by atoms with van der Waals surface area (Å²) < 4.78 is 45.8. The molecule has 4 aromatic rings. The molecular formula is C23H21F2N3O3. The minimum atomic E-state index is -1.01. The van der Waals surface area contributed by atoms with E-state index in [9.17, 15) is 4.39 Å².